The molecule has 1 fully saturated rings. The monoisotopic (exact) mass is 260 g/mol. The van der Waals surface area contributed by atoms with Gasteiger partial charge in [-0.25, -0.2) is 0 Å². The highest BCUT2D eigenvalue weighted by molar-refractivity contribution is 6.21. The van der Waals surface area contributed by atoms with Crippen molar-refractivity contribution in [3.05, 3.63) is 35.4 Å². The third-order valence-corrected chi connectivity index (χ3v) is 3.91. The van der Waals surface area contributed by atoms with Crippen LogP contribution in [0.3, 0.4) is 0 Å². The van der Waals surface area contributed by atoms with E-state index in [-0.39, 0.29) is 31.1 Å². The third-order valence-electron chi connectivity index (χ3n) is 3.91. The van der Waals surface area contributed by atoms with Gasteiger partial charge in [-0.3, -0.25) is 19.4 Å². The molecule has 0 radical (unpaired) electrons. The Bertz CT molecular complexity index is 494. The van der Waals surface area contributed by atoms with Gasteiger partial charge in [-0.2, -0.15) is 0 Å². The molecule has 3 rings (SSSR count). The van der Waals surface area contributed by atoms with Gasteiger partial charge in [-0.05, 0) is 25.0 Å². The fraction of sp³-hybridized carbons (Fsp3) is 0.429. The number of aliphatic hydroxyl groups is 1. The molecule has 100 valence electrons. The minimum absolute atomic E-state index is 0.0595. The maximum absolute atomic E-state index is 12.2. The van der Waals surface area contributed by atoms with Gasteiger partial charge in [0.25, 0.3) is 11.8 Å². The summed E-state index contributed by atoms with van der Waals surface area (Å²) in [4.78, 5) is 27.7. The van der Waals surface area contributed by atoms with Crippen LogP contribution < -0.4 is 0 Å². The number of hydrogen-bond acceptors (Lipinski definition) is 4. The lowest BCUT2D eigenvalue weighted by molar-refractivity contribution is 0.0486. The number of carbonyl (C=O) groups is 2. The van der Waals surface area contributed by atoms with E-state index in [1.807, 2.05) is 4.90 Å². The number of fused-ring (bicyclic) bond motifs is 1. The number of rotatable bonds is 3. The Morgan fingerprint density at radius 3 is 2.37 bits per heavy atom. The molecule has 19 heavy (non-hydrogen) atoms. The standard InChI is InChI=1S/C14H16N2O3/c17-8-10-4-3-7-15(10)9-16-13(18)11-5-1-2-6-12(11)14(16)19/h1-2,5-6,10,17H,3-4,7-9H2/t10-/m1/s1. The van der Waals surface area contributed by atoms with Crippen LogP contribution in [0.4, 0.5) is 0 Å². The highest BCUT2D eigenvalue weighted by Gasteiger charge is 2.37. The number of nitrogens with zero attached hydrogens (tertiary/aromatic N) is 2. The molecule has 2 aliphatic rings. The minimum atomic E-state index is -0.232. The molecule has 2 aliphatic heterocycles. The zero-order valence-electron chi connectivity index (χ0n) is 10.6. The fourth-order valence-corrected chi connectivity index (χ4v) is 2.84. The van der Waals surface area contributed by atoms with Crippen LogP contribution >= 0.6 is 0 Å². The van der Waals surface area contributed by atoms with Gasteiger partial charge in [0, 0.05) is 12.6 Å². The summed E-state index contributed by atoms with van der Waals surface area (Å²) in [5.41, 5.74) is 0.958. The Balaban J connectivity index is 1.81. The minimum Gasteiger partial charge on any atom is -0.395 e. The molecule has 5 nitrogen and oxygen atoms in total. The van der Waals surface area contributed by atoms with Crippen LogP contribution in [0.5, 0.6) is 0 Å². The van der Waals surface area contributed by atoms with Crippen LogP contribution in [-0.4, -0.2) is 52.6 Å². The van der Waals surface area contributed by atoms with Crippen LogP contribution in [0.25, 0.3) is 0 Å². The summed E-state index contributed by atoms with van der Waals surface area (Å²) in [7, 11) is 0. The van der Waals surface area contributed by atoms with Gasteiger partial charge < -0.3 is 5.11 Å². The molecule has 0 aliphatic carbocycles. The normalized spacial score (nSPS) is 23.2. The Kier molecular flexibility index (Phi) is 3.08. The Labute approximate surface area is 111 Å². The van der Waals surface area contributed by atoms with Crippen LogP contribution in [0.2, 0.25) is 0 Å². The second kappa shape index (κ2) is 4.75. The molecule has 1 aromatic carbocycles. The molecule has 0 saturated carbocycles. The summed E-state index contributed by atoms with van der Waals surface area (Å²) in [6, 6.07) is 6.95. The molecule has 2 amide bonds. The highest BCUT2D eigenvalue weighted by Crippen LogP contribution is 2.25. The van der Waals surface area contributed by atoms with E-state index in [0.717, 1.165) is 19.4 Å². The first kappa shape index (κ1) is 12.3. The van der Waals surface area contributed by atoms with E-state index in [4.69, 9.17) is 0 Å². The van der Waals surface area contributed by atoms with Gasteiger partial charge in [0.15, 0.2) is 0 Å². The van der Waals surface area contributed by atoms with Gasteiger partial charge in [-0.1, -0.05) is 12.1 Å². The maximum Gasteiger partial charge on any atom is 0.262 e. The number of imide groups is 1. The summed E-state index contributed by atoms with van der Waals surface area (Å²) in [5.74, 6) is -0.464. The first-order valence-electron chi connectivity index (χ1n) is 6.52. The largest absolute Gasteiger partial charge is 0.395 e. The van der Waals surface area contributed by atoms with E-state index in [0.29, 0.717) is 11.1 Å². The second-order valence-corrected chi connectivity index (χ2v) is 5.02. The van der Waals surface area contributed by atoms with Crippen molar-refractivity contribution in [2.45, 2.75) is 18.9 Å². The fourth-order valence-electron chi connectivity index (χ4n) is 2.84. The van der Waals surface area contributed by atoms with Crippen LogP contribution in [-0.2, 0) is 0 Å². The Morgan fingerprint density at radius 1 is 1.16 bits per heavy atom. The lowest BCUT2D eigenvalue weighted by Crippen LogP contribution is -2.44. The molecule has 0 bridgehead atoms. The van der Waals surface area contributed by atoms with Gasteiger partial charge in [0.1, 0.15) is 0 Å². The van der Waals surface area contributed by atoms with Gasteiger partial charge in [-0.15, -0.1) is 0 Å². The van der Waals surface area contributed by atoms with Crippen molar-refractivity contribution in [2.75, 3.05) is 19.8 Å². The van der Waals surface area contributed by atoms with E-state index in [2.05, 4.69) is 0 Å². The predicted molar refractivity (Wildman–Crippen MR) is 68.6 cm³/mol. The molecule has 2 heterocycles. The quantitative estimate of drug-likeness (QED) is 0.813. The molecule has 1 aromatic rings. The molecule has 1 N–H and O–H groups in total. The predicted octanol–water partition coefficient (Wildman–Crippen LogP) is 0.697. The average Bonchev–Trinajstić information content (AvgIpc) is 2.98. The van der Waals surface area contributed by atoms with E-state index in [9.17, 15) is 14.7 Å². The SMILES string of the molecule is O=C1c2ccccc2C(=O)N1CN1CCC[C@@H]1CO. The summed E-state index contributed by atoms with van der Waals surface area (Å²) in [6.07, 6.45) is 1.91. The van der Waals surface area contributed by atoms with Crippen molar-refractivity contribution in [3.63, 3.8) is 0 Å². The van der Waals surface area contributed by atoms with Crippen molar-refractivity contribution in [3.8, 4) is 0 Å². The van der Waals surface area contributed by atoms with E-state index in [1.165, 1.54) is 4.90 Å². The summed E-state index contributed by atoms with van der Waals surface area (Å²) in [5, 5.41) is 9.29. The lowest BCUT2D eigenvalue weighted by Gasteiger charge is -2.26. The van der Waals surface area contributed by atoms with Gasteiger partial charge in [0.05, 0.1) is 24.4 Å². The van der Waals surface area contributed by atoms with Crippen LogP contribution in [0, 0.1) is 0 Å². The Morgan fingerprint density at radius 2 is 1.79 bits per heavy atom. The molecule has 0 spiro atoms. The van der Waals surface area contributed by atoms with Gasteiger partial charge in [0.2, 0.25) is 0 Å². The summed E-state index contributed by atoms with van der Waals surface area (Å²) in [6.45, 7) is 1.17. The van der Waals surface area contributed by atoms with Gasteiger partial charge >= 0.3 is 0 Å². The molecule has 5 heteroatoms. The van der Waals surface area contributed by atoms with Crippen molar-refractivity contribution in [2.24, 2.45) is 0 Å². The molecule has 0 aromatic heterocycles. The second-order valence-electron chi connectivity index (χ2n) is 5.02. The average molecular weight is 260 g/mol. The highest BCUT2D eigenvalue weighted by atomic mass is 16.3. The Hall–Kier alpha value is -1.72. The van der Waals surface area contributed by atoms with E-state index >= 15 is 0 Å². The van der Waals surface area contributed by atoms with E-state index < -0.39 is 0 Å². The van der Waals surface area contributed by atoms with Crippen molar-refractivity contribution >= 4 is 11.8 Å². The zero-order valence-corrected chi connectivity index (χ0v) is 10.6. The number of aliphatic hydroxyl groups excluding tert-OH is 1. The zero-order chi connectivity index (χ0) is 13.4. The van der Waals surface area contributed by atoms with Crippen molar-refractivity contribution in [1.82, 2.24) is 9.80 Å². The molecule has 0 unspecified atom stereocenters. The lowest BCUT2D eigenvalue weighted by atomic mass is 10.1. The number of carbonyl (C=O) groups excluding carboxylic acids is 2. The smallest absolute Gasteiger partial charge is 0.262 e. The molecular formula is C14H16N2O3. The van der Waals surface area contributed by atoms with Crippen LogP contribution in [0.15, 0.2) is 24.3 Å². The number of amides is 2. The molecule has 1 saturated heterocycles. The van der Waals surface area contributed by atoms with Crippen LogP contribution in [0.1, 0.15) is 33.6 Å². The van der Waals surface area contributed by atoms with Crippen molar-refractivity contribution < 1.29 is 14.7 Å². The summed E-state index contributed by atoms with van der Waals surface area (Å²) < 4.78 is 0. The van der Waals surface area contributed by atoms with E-state index in [1.54, 1.807) is 24.3 Å². The number of hydrogen-bond donors (Lipinski definition) is 1. The first-order chi connectivity index (χ1) is 9.22. The topological polar surface area (TPSA) is 60.9 Å². The first-order valence-corrected chi connectivity index (χ1v) is 6.52. The number of benzene rings is 1. The summed E-state index contributed by atoms with van der Waals surface area (Å²) >= 11 is 0. The maximum atomic E-state index is 12.2. The number of likely N-dealkylation sites (tertiary alicyclic amines) is 1. The molecular weight excluding hydrogens is 244 g/mol. The third kappa shape index (κ3) is 1.95. The molecule has 1 atom stereocenters. The van der Waals surface area contributed by atoms with Crippen molar-refractivity contribution in [1.29, 1.82) is 0 Å².